The van der Waals surface area contributed by atoms with Crippen LogP contribution >= 0.6 is 11.6 Å². The number of sulfonamides is 1. The van der Waals surface area contributed by atoms with Crippen LogP contribution in [0.3, 0.4) is 0 Å². The minimum atomic E-state index is -3.10. The van der Waals surface area contributed by atoms with Crippen LogP contribution in [0.1, 0.15) is 38.5 Å². The Bertz CT molecular complexity index is 317. The van der Waals surface area contributed by atoms with E-state index in [-0.39, 0.29) is 17.2 Å². The molecule has 0 unspecified atom stereocenters. The van der Waals surface area contributed by atoms with Gasteiger partial charge in [-0.3, -0.25) is 0 Å². The average molecular weight is 252 g/mol. The van der Waals surface area contributed by atoms with Gasteiger partial charge in [-0.25, -0.2) is 8.42 Å². The van der Waals surface area contributed by atoms with Gasteiger partial charge in [-0.1, -0.05) is 12.8 Å². The summed E-state index contributed by atoms with van der Waals surface area (Å²) in [7, 11) is -3.10. The number of hydrogen-bond donors (Lipinski definition) is 0. The first-order valence-corrected chi connectivity index (χ1v) is 7.82. The van der Waals surface area contributed by atoms with E-state index in [0.717, 1.165) is 25.7 Å². The Balaban J connectivity index is 2.21. The lowest BCUT2D eigenvalue weighted by molar-refractivity contribution is 0.247. The third-order valence-electron chi connectivity index (χ3n) is 3.74. The van der Waals surface area contributed by atoms with Crippen molar-refractivity contribution in [1.82, 2.24) is 4.31 Å². The van der Waals surface area contributed by atoms with Crippen molar-refractivity contribution in [3.05, 3.63) is 0 Å². The maximum atomic E-state index is 12.0. The first kappa shape index (κ1) is 11.7. The van der Waals surface area contributed by atoms with Crippen LogP contribution in [0.5, 0.6) is 0 Å². The van der Waals surface area contributed by atoms with E-state index >= 15 is 0 Å². The second-order valence-electron chi connectivity index (χ2n) is 4.61. The molecule has 3 nitrogen and oxygen atoms in total. The van der Waals surface area contributed by atoms with E-state index in [2.05, 4.69) is 0 Å². The lowest BCUT2D eigenvalue weighted by atomic mass is 9.96. The summed E-state index contributed by atoms with van der Waals surface area (Å²) in [5.74, 6) is 0.297. The van der Waals surface area contributed by atoms with Crippen molar-refractivity contribution in [2.45, 2.75) is 44.1 Å². The summed E-state index contributed by atoms with van der Waals surface area (Å²) >= 11 is 5.55. The molecule has 0 aromatic carbocycles. The average Bonchev–Trinajstić information content (AvgIpc) is 2.77. The van der Waals surface area contributed by atoms with E-state index in [1.54, 1.807) is 4.31 Å². The van der Waals surface area contributed by atoms with Gasteiger partial charge in [0.2, 0.25) is 10.0 Å². The smallest absolute Gasteiger partial charge is 0.212 e. The maximum Gasteiger partial charge on any atom is 0.215 e. The van der Waals surface area contributed by atoms with Gasteiger partial charge in [0.25, 0.3) is 0 Å². The summed E-state index contributed by atoms with van der Waals surface area (Å²) in [6.07, 6.45) is 6.51. The van der Waals surface area contributed by atoms with Gasteiger partial charge in [-0.05, 0) is 25.7 Å². The highest BCUT2D eigenvalue weighted by molar-refractivity contribution is 7.89. The fourth-order valence-corrected chi connectivity index (χ4v) is 5.36. The van der Waals surface area contributed by atoms with Crippen molar-refractivity contribution in [1.29, 1.82) is 0 Å². The Kier molecular flexibility index (Phi) is 3.29. The Hall–Kier alpha value is 0.200. The van der Waals surface area contributed by atoms with Gasteiger partial charge in [0.1, 0.15) is 0 Å². The molecule has 1 saturated carbocycles. The molecule has 0 aromatic rings. The standard InChI is InChI=1S/C10H18ClNO2S/c11-7-9-15(13,14)12-8-3-6-10(12)4-1-2-5-10/h1-9H2. The molecule has 1 saturated heterocycles. The Morgan fingerprint density at radius 2 is 1.73 bits per heavy atom. The first-order chi connectivity index (χ1) is 7.11. The SMILES string of the molecule is O=S(=O)(CCCl)N1CCCC12CCCC2. The molecule has 15 heavy (non-hydrogen) atoms. The van der Waals surface area contributed by atoms with E-state index in [0.29, 0.717) is 6.54 Å². The molecule has 0 N–H and O–H groups in total. The number of alkyl halides is 1. The molecular formula is C10H18ClNO2S. The fourth-order valence-electron chi connectivity index (χ4n) is 3.09. The maximum absolute atomic E-state index is 12.0. The van der Waals surface area contributed by atoms with Crippen molar-refractivity contribution in [2.24, 2.45) is 0 Å². The van der Waals surface area contributed by atoms with Gasteiger partial charge in [0.15, 0.2) is 0 Å². The molecule has 0 bridgehead atoms. The van der Waals surface area contributed by atoms with Gasteiger partial charge in [-0.2, -0.15) is 4.31 Å². The highest BCUT2D eigenvalue weighted by Gasteiger charge is 2.47. The van der Waals surface area contributed by atoms with Crippen LogP contribution in [0.4, 0.5) is 0 Å². The highest BCUT2D eigenvalue weighted by Crippen LogP contribution is 2.44. The van der Waals surface area contributed by atoms with Gasteiger partial charge >= 0.3 is 0 Å². The van der Waals surface area contributed by atoms with Gasteiger partial charge < -0.3 is 0 Å². The molecule has 0 atom stereocenters. The molecular weight excluding hydrogens is 234 g/mol. The second-order valence-corrected chi connectivity index (χ2v) is 7.00. The summed E-state index contributed by atoms with van der Waals surface area (Å²) < 4.78 is 25.8. The zero-order valence-corrected chi connectivity index (χ0v) is 10.5. The zero-order chi connectivity index (χ0) is 10.9. The molecule has 1 aliphatic heterocycles. The van der Waals surface area contributed by atoms with Crippen LogP contribution in [-0.2, 0) is 10.0 Å². The van der Waals surface area contributed by atoms with Gasteiger partial charge in [0, 0.05) is 18.0 Å². The molecule has 2 aliphatic rings. The number of hydrogen-bond acceptors (Lipinski definition) is 2. The predicted octanol–water partition coefficient (Wildman–Crippen LogP) is 1.96. The van der Waals surface area contributed by atoms with Crippen LogP contribution in [0.2, 0.25) is 0 Å². The topological polar surface area (TPSA) is 37.4 Å². The minimum absolute atomic E-state index is 0.0229. The number of nitrogens with zero attached hydrogens (tertiary/aromatic N) is 1. The largest absolute Gasteiger partial charge is 0.215 e. The molecule has 1 aliphatic carbocycles. The molecule has 0 aromatic heterocycles. The summed E-state index contributed by atoms with van der Waals surface area (Å²) in [6.45, 7) is 0.708. The van der Waals surface area contributed by atoms with Crippen molar-refractivity contribution < 1.29 is 8.42 Å². The minimum Gasteiger partial charge on any atom is -0.212 e. The Morgan fingerprint density at radius 3 is 2.33 bits per heavy atom. The first-order valence-electron chi connectivity index (χ1n) is 5.67. The molecule has 5 heteroatoms. The van der Waals surface area contributed by atoms with E-state index in [1.165, 1.54) is 12.8 Å². The van der Waals surface area contributed by atoms with Crippen molar-refractivity contribution in [2.75, 3.05) is 18.2 Å². The van der Waals surface area contributed by atoms with Crippen LogP contribution in [0.25, 0.3) is 0 Å². The molecule has 1 heterocycles. The summed E-state index contributed by atoms with van der Waals surface area (Å²) in [5, 5.41) is 0. The van der Waals surface area contributed by atoms with Gasteiger partial charge in [-0.15, -0.1) is 11.6 Å². The van der Waals surface area contributed by atoms with Gasteiger partial charge in [0.05, 0.1) is 5.75 Å². The Labute approximate surface area is 96.8 Å². The van der Waals surface area contributed by atoms with E-state index in [9.17, 15) is 8.42 Å². The predicted molar refractivity (Wildman–Crippen MR) is 61.6 cm³/mol. The normalized spacial score (nSPS) is 26.5. The summed E-state index contributed by atoms with van der Waals surface area (Å²) in [6, 6.07) is 0. The van der Waals surface area contributed by atoms with E-state index in [4.69, 9.17) is 11.6 Å². The molecule has 0 radical (unpaired) electrons. The van der Waals surface area contributed by atoms with E-state index < -0.39 is 10.0 Å². The van der Waals surface area contributed by atoms with Crippen LogP contribution in [-0.4, -0.2) is 36.4 Å². The lowest BCUT2D eigenvalue weighted by Crippen LogP contribution is -2.46. The number of halogens is 1. The molecule has 2 rings (SSSR count). The third kappa shape index (κ3) is 2.04. The van der Waals surface area contributed by atoms with Crippen LogP contribution < -0.4 is 0 Å². The fraction of sp³-hybridized carbons (Fsp3) is 1.00. The Morgan fingerprint density at radius 1 is 1.13 bits per heavy atom. The highest BCUT2D eigenvalue weighted by atomic mass is 35.5. The zero-order valence-electron chi connectivity index (χ0n) is 8.91. The van der Waals surface area contributed by atoms with Crippen molar-refractivity contribution in [3.63, 3.8) is 0 Å². The number of rotatable bonds is 3. The van der Waals surface area contributed by atoms with Crippen LogP contribution in [0.15, 0.2) is 0 Å². The monoisotopic (exact) mass is 251 g/mol. The second kappa shape index (κ2) is 4.22. The van der Waals surface area contributed by atoms with Crippen molar-refractivity contribution >= 4 is 21.6 Å². The summed E-state index contributed by atoms with van der Waals surface area (Å²) in [4.78, 5) is 0. The van der Waals surface area contributed by atoms with E-state index in [1.807, 2.05) is 0 Å². The van der Waals surface area contributed by atoms with Crippen LogP contribution in [0, 0.1) is 0 Å². The lowest BCUT2D eigenvalue weighted by Gasteiger charge is -2.33. The third-order valence-corrected chi connectivity index (χ3v) is 6.11. The molecule has 88 valence electrons. The summed E-state index contributed by atoms with van der Waals surface area (Å²) in [5.41, 5.74) is -0.0229. The molecule has 0 amide bonds. The van der Waals surface area contributed by atoms with Crippen molar-refractivity contribution in [3.8, 4) is 0 Å². The molecule has 1 spiro atoms. The quantitative estimate of drug-likeness (QED) is 0.720. The molecule has 2 fully saturated rings.